The summed E-state index contributed by atoms with van der Waals surface area (Å²) in [5.41, 5.74) is 1.12. The van der Waals surface area contributed by atoms with Gasteiger partial charge in [0.2, 0.25) is 0 Å². The average molecular weight is 407 g/mol. The van der Waals surface area contributed by atoms with Crippen LogP contribution >= 0.6 is 0 Å². The highest BCUT2D eigenvalue weighted by atomic mass is 35.7. The second kappa shape index (κ2) is 9.50. The van der Waals surface area contributed by atoms with Crippen LogP contribution in [0.3, 0.4) is 0 Å². The summed E-state index contributed by atoms with van der Waals surface area (Å²) in [6, 6.07) is 16.0. The van der Waals surface area contributed by atoms with Crippen LogP contribution in [-0.2, 0) is 0 Å². The molecule has 7 nitrogen and oxygen atoms in total. The number of benzene rings is 2. The SMILES string of the molecule is COc1cc2cc(C)[o+]c(/C=C/c3ccccc3)c2cc1OC.[O-][Cl+3]([O-])([O-])[O-]. The van der Waals surface area contributed by atoms with E-state index in [0.29, 0.717) is 11.5 Å². The molecule has 28 heavy (non-hydrogen) atoms. The number of aryl methyl sites for hydroxylation is 1. The molecule has 0 bridgehead atoms. The third kappa shape index (κ3) is 6.49. The van der Waals surface area contributed by atoms with Crippen molar-refractivity contribution in [1.82, 2.24) is 0 Å². The first-order chi connectivity index (χ1) is 13.2. The minimum absolute atomic E-state index is 0.688. The van der Waals surface area contributed by atoms with E-state index in [9.17, 15) is 0 Å². The van der Waals surface area contributed by atoms with Gasteiger partial charge in [-0.2, -0.15) is 0 Å². The van der Waals surface area contributed by atoms with Crippen LogP contribution in [0, 0.1) is 17.2 Å². The zero-order valence-electron chi connectivity index (χ0n) is 15.5. The van der Waals surface area contributed by atoms with Gasteiger partial charge in [0.15, 0.2) is 11.5 Å². The Morgan fingerprint density at radius 1 is 0.857 bits per heavy atom. The smallest absolute Gasteiger partial charge is 0.360 e. The van der Waals surface area contributed by atoms with Crippen LogP contribution < -0.4 is 28.1 Å². The molecule has 3 rings (SSSR count). The number of fused-ring (bicyclic) bond motifs is 1. The zero-order chi connectivity index (χ0) is 20.7. The normalized spacial score (nSPS) is 11.2. The van der Waals surface area contributed by atoms with Gasteiger partial charge in [0, 0.05) is 23.6 Å². The molecule has 0 saturated carbocycles. The fourth-order valence-corrected chi connectivity index (χ4v) is 2.56. The monoisotopic (exact) mass is 406 g/mol. The first-order valence-corrected chi connectivity index (χ1v) is 9.29. The van der Waals surface area contributed by atoms with Crippen molar-refractivity contribution in [3.8, 4) is 11.5 Å². The predicted molar refractivity (Wildman–Crippen MR) is 93.8 cm³/mol. The largest absolute Gasteiger partial charge is 0.493 e. The van der Waals surface area contributed by atoms with Crippen molar-refractivity contribution < 1.29 is 42.8 Å². The van der Waals surface area contributed by atoms with Gasteiger partial charge in [-0.1, -0.05) is 30.3 Å². The molecule has 148 valence electrons. The molecule has 2 aromatic carbocycles. The Labute approximate surface area is 164 Å². The van der Waals surface area contributed by atoms with E-state index in [-0.39, 0.29) is 0 Å². The molecule has 0 atom stereocenters. The Balaban J connectivity index is 0.000000500. The van der Waals surface area contributed by atoms with E-state index in [1.807, 2.05) is 55.5 Å². The molecule has 0 aliphatic heterocycles. The topological polar surface area (TPSA) is 122 Å². The van der Waals surface area contributed by atoms with Gasteiger partial charge in [-0.25, -0.2) is 23.1 Å². The predicted octanol–water partition coefficient (Wildman–Crippen LogP) is 0.454. The summed E-state index contributed by atoms with van der Waals surface area (Å²) in [5.74, 6) is 3.04. The van der Waals surface area contributed by atoms with Crippen molar-refractivity contribution in [3.63, 3.8) is 0 Å². The highest BCUT2D eigenvalue weighted by Crippen LogP contribution is 2.34. The fourth-order valence-electron chi connectivity index (χ4n) is 2.56. The number of hydrogen-bond donors (Lipinski definition) is 0. The maximum Gasteiger partial charge on any atom is 0.360 e. The lowest BCUT2D eigenvalue weighted by Gasteiger charge is -2.17. The lowest BCUT2D eigenvalue weighted by molar-refractivity contribution is -2.00. The van der Waals surface area contributed by atoms with Gasteiger partial charge in [0.25, 0.3) is 0 Å². The van der Waals surface area contributed by atoms with Crippen LogP contribution in [0.1, 0.15) is 17.1 Å². The number of hydrogen-bond acceptors (Lipinski definition) is 6. The second-order valence-electron chi connectivity index (χ2n) is 5.64. The Morgan fingerprint density at radius 2 is 1.43 bits per heavy atom. The molecule has 0 aliphatic rings. The van der Waals surface area contributed by atoms with Crippen LogP contribution in [-0.4, -0.2) is 14.2 Å². The van der Waals surface area contributed by atoms with Gasteiger partial charge in [-0.15, -0.1) is 10.2 Å². The molecule has 0 unspecified atom stereocenters. The fraction of sp³-hybridized carbons (Fsp3) is 0.150. The summed E-state index contributed by atoms with van der Waals surface area (Å²) in [7, 11) is -1.67. The van der Waals surface area contributed by atoms with Crippen LogP contribution in [0.2, 0.25) is 0 Å². The standard InChI is InChI=1S/C20H19O3.ClHO4/c1-14-11-16-12-19(21-2)20(22-3)13-17(16)18(23-14)10-9-15-7-5-4-6-8-15;2-1(3,4)5/h4-13H,1-3H3;(H,2,3,4,5)/q+1;/p-1/b10-9+;. The van der Waals surface area contributed by atoms with E-state index in [0.717, 1.165) is 27.9 Å². The molecule has 0 fully saturated rings. The van der Waals surface area contributed by atoms with E-state index in [1.165, 1.54) is 0 Å². The third-order valence-corrected chi connectivity index (χ3v) is 3.68. The minimum atomic E-state index is -4.94. The van der Waals surface area contributed by atoms with E-state index in [4.69, 9.17) is 32.5 Å². The molecule has 1 heterocycles. The Hall–Kier alpha value is -2.68. The van der Waals surface area contributed by atoms with Gasteiger partial charge in [-0.05, 0) is 17.7 Å². The Kier molecular flexibility index (Phi) is 7.33. The minimum Gasteiger partial charge on any atom is -0.493 e. The lowest BCUT2D eigenvalue weighted by Crippen LogP contribution is -2.68. The summed E-state index contributed by atoms with van der Waals surface area (Å²) in [4.78, 5) is 0. The Bertz CT molecular complexity index is 944. The summed E-state index contributed by atoms with van der Waals surface area (Å²) in [5, 5.41) is 2.04. The number of ether oxygens (including phenoxy) is 2. The molecule has 8 heteroatoms. The van der Waals surface area contributed by atoms with Crippen molar-refractivity contribution in [2.24, 2.45) is 0 Å². The molecule has 3 aromatic rings. The Morgan fingerprint density at radius 3 is 2.00 bits per heavy atom. The average Bonchev–Trinajstić information content (AvgIpc) is 2.64. The molecule has 0 spiro atoms. The first kappa shape index (κ1) is 21.6. The van der Waals surface area contributed by atoms with E-state index < -0.39 is 10.2 Å². The number of halogens is 1. The highest BCUT2D eigenvalue weighted by Gasteiger charge is 2.17. The number of methoxy groups -OCH3 is 2. The van der Waals surface area contributed by atoms with Crippen molar-refractivity contribution >= 4 is 22.9 Å². The quantitative estimate of drug-likeness (QED) is 0.576. The van der Waals surface area contributed by atoms with Gasteiger partial charge in [0.1, 0.15) is 0 Å². The maximum absolute atomic E-state index is 8.49. The molecule has 0 saturated heterocycles. The van der Waals surface area contributed by atoms with Crippen LogP contribution in [0.15, 0.2) is 52.9 Å². The molecular weight excluding hydrogens is 388 g/mol. The van der Waals surface area contributed by atoms with Gasteiger partial charge in [0.05, 0.1) is 26.5 Å². The third-order valence-electron chi connectivity index (χ3n) is 3.68. The maximum atomic E-state index is 8.49. The van der Waals surface area contributed by atoms with Gasteiger partial charge >= 0.3 is 11.5 Å². The van der Waals surface area contributed by atoms with Crippen molar-refractivity contribution in [3.05, 3.63) is 65.6 Å². The van der Waals surface area contributed by atoms with Crippen molar-refractivity contribution in [1.29, 1.82) is 0 Å². The number of rotatable bonds is 4. The first-order valence-electron chi connectivity index (χ1n) is 8.05. The molecule has 0 radical (unpaired) electrons. The summed E-state index contributed by atoms with van der Waals surface area (Å²) in [6.45, 7) is 1.94. The highest BCUT2D eigenvalue weighted by molar-refractivity contribution is 5.93. The molecule has 1 aromatic heterocycles. The van der Waals surface area contributed by atoms with Gasteiger partial charge in [-0.3, -0.25) is 0 Å². The summed E-state index contributed by atoms with van der Waals surface area (Å²) >= 11 is 0. The van der Waals surface area contributed by atoms with E-state index in [1.54, 1.807) is 14.2 Å². The summed E-state index contributed by atoms with van der Waals surface area (Å²) in [6.07, 6.45) is 4.02. The molecule has 0 aliphatic carbocycles. The second-order valence-corrected chi connectivity index (χ2v) is 6.39. The van der Waals surface area contributed by atoms with Crippen LogP contribution in [0.5, 0.6) is 11.5 Å². The van der Waals surface area contributed by atoms with E-state index in [2.05, 4.69) is 12.1 Å². The van der Waals surface area contributed by atoms with Crippen molar-refractivity contribution in [2.45, 2.75) is 6.92 Å². The zero-order valence-corrected chi connectivity index (χ0v) is 16.3. The van der Waals surface area contributed by atoms with Crippen LogP contribution in [0.25, 0.3) is 22.9 Å². The summed E-state index contributed by atoms with van der Waals surface area (Å²) < 4.78 is 50.7. The molecule has 0 amide bonds. The molecular formula is C20H19ClO7. The van der Waals surface area contributed by atoms with Crippen molar-refractivity contribution in [2.75, 3.05) is 14.2 Å². The van der Waals surface area contributed by atoms with E-state index >= 15 is 0 Å². The van der Waals surface area contributed by atoms with Gasteiger partial charge < -0.3 is 9.47 Å². The lowest BCUT2D eigenvalue weighted by atomic mass is 10.1. The van der Waals surface area contributed by atoms with Crippen LogP contribution in [0.4, 0.5) is 0 Å². The molecule has 0 N–H and O–H groups in total.